The van der Waals surface area contributed by atoms with Crippen molar-refractivity contribution in [2.75, 3.05) is 13.7 Å². The minimum atomic E-state index is -1.14. The van der Waals surface area contributed by atoms with Gasteiger partial charge < -0.3 is 14.7 Å². The van der Waals surface area contributed by atoms with Gasteiger partial charge in [0.1, 0.15) is 11.4 Å². The molecular formula is C18H21N3O3. The highest BCUT2D eigenvalue weighted by Gasteiger charge is 2.42. The predicted molar refractivity (Wildman–Crippen MR) is 88.7 cm³/mol. The Morgan fingerprint density at radius 3 is 2.67 bits per heavy atom. The van der Waals surface area contributed by atoms with Gasteiger partial charge in [-0.15, -0.1) is 0 Å². The monoisotopic (exact) mass is 327 g/mol. The number of nitrogens with zero attached hydrogens (tertiary/aromatic N) is 3. The van der Waals surface area contributed by atoms with Gasteiger partial charge in [0.25, 0.3) is 5.91 Å². The first kappa shape index (κ1) is 16.4. The molecule has 0 aliphatic carbocycles. The van der Waals surface area contributed by atoms with E-state index in [9.17, 15) is 9.90 Å². The number of carbonyl (C=O) groups excluding carboxylic acids is 1. The zero-order valence-corrected chi connectivity index (χ0v) is 13.8. The van der Waals surface area contributed by atoms with Crippen molar-refractivity contribution in [1.82, 2.24) is 15.1 Å². The normalized spacial score (nSPS) is 19.8. The SMILES string of the molecule is COc1ccc([C@@](C)(O)[C@H]2CCCN2C(=O)c2ccnnc2)cc1. The van der Waals surface area contributed by atoms with Crippen LogP contribution in [0.3, 0.4) is 0 Å². The van der Waals surface area contributed by atoms with Gasteiger partial charge in [-0.1, -0.05) is 12.1 Å². The Morgan fingerprint density at radius 1 is 1.29 bits per heavy atom. The van der Waals surface area contributed by atoms with E-state index in [0.29, 0.717) is 12.1 Å². The summed E-state index contributed by atoms with van der Waals surface area (Å²) in [4.78, 5) is 14.5. The number of hydrogen-bond donors (Lipinski definition) is 1. The summed E-state index contributed by atoms with van der Waals surface area (Å²) in [6, 6.07) is 8.68. The topological polar surface area (TPSA) is 75.6 Å². The van der Waals surface area contributed by atoms with E-state index in [1.54, 1.807) is 25.0 Å². The van der Waals surface area contributed by atoms with E-state index in [1.807, 2.05) is 24.3 Å². The number of amides is 1. The molecule has 1 N–H and O–H groups in total. The van der Waals surface area contributed by atoms with Gasteiger partial charge in [-0.05, 0) is 43.5 Å². The summed E-state index contributed by atoms with van der Waals surface area (Å²) in [5, 5.41) is 18.6. The van der Waals surface area contributed by atoms with Crippen LogP contribution in [0.25, 0.3) is 0 Å². The lowest BCUT2D eigenvalue weighted by molar-refractivity contribution is -0.0177. The Hall–Kier alpha value is -2.47. The van der Waals surface area contributed by atoms with Crippen LogP contribution in [-0.4, -0.2) is 45.8 Å². The average Bonchev–Trinajstić information content (AvgIpc) is 3.12. The molecule has 0 spiro atoms. The Labute approximate surface area is 141 Å². The molecule has 0 radical (unpaired) electrons. The summed E-state index contributed by atoms with van der Waals surface area (Å²) in [5.74, 6) is 0.609. The summed E-state index contributed by atoms with van der Waals surface area (Å²) >= 11 is 0. The maximum Gasteiger partial charge on any atom is 0.255 e. The largest absolute Gasteiger partial charge is 0.497 e. The van der Waals surface area contributed by atoms with Crippen LogP contribution in [0.15, 0.2) is 42.7 Å². The van der Waals surface area contributed by atoms with Crippen molar-refractivity contribution in [2.24, 2.45) is 0 Å². The van der Waals surface area contributed by atoms with Crippen LogP contribution in [0.1, 0.15) is 35.7 Å². The van der Waals surface area contributed by atoms with Gasteiger partial charge >= 0.3 is 0 Å². The van der Waals surface area contributed by atoms with Gasteiger partial charge in [0, 0.05) is 6.54 Å². The molecule has 1 aromatic heterocycles. The molecule has 1 aliphatic heterocycles. The summed E-state index contributed by atoms with van der Waals surface area (Å²) in [6.45, 7) is 2.38. The van der Waals surface area contributed by atoms with Gasteiger partial charge in [-0.25, -0.2) is 0 Å². The molecule has 126 valence electrons. The molecule has 6 nitrogen and oxygen atoms in total. The second-order valence-electron chi connectivity index (χ2n) is 6.16. The lowest BCUT2D eigenvalue weighted by Gasteiger charge is -2.37. The van der Waals surface area contributed by atoms with E-state index in [0.717, 1.165) is 24.2 Å². The van der Waals surface area contributed by atoms with Crippen molar-refractivity contribution < 1.29 is 14.6 Å². The van der Waals surface area contributed by atoms with Gasteiger partial charge in [-0.3, -0.25) is 4.79 Å². The molecule has 1 fully saturated rings. The third-order valence-electron chi connectivity index (χ3n) is 4.67. The van der Waals surface area contributed by atoms with Crippen molar-refractivity contribution in [3.8, 4) is 5.75 Å². The lowest BCUT2D eigenvalue weighted by atomic mass is 9.86. The molecule has 2 aromatic rings. The second-order valence-corrected chi connectivity index (χ2v) is 6.16. The first-order valence-corrected chi connectivity index (χ1v) is 7.98. The molecule has 3 rings (SSSR count). The third kappa shape index (κ3) is 2.97. The molecule has 0 unspecified atom stereocenters. The highest BCUT2D eigenvalue weighted by atomic mass is 16.5. The number of methoxy groups -OCH3 is 1. The molecule has 6 heteroatoms. The summed E-state index contributed by atoms with van der Waals surface area (Å²) in [5.41, 5.74) is 0.113. The van der Waals surface area contributed by atoms with Gasteiger partial charge in [0.05, 0.1) is 31.1 Å². The Kier molecular flexibility index (Phi) is 4.49. The molecule has 24 heavy (non-hydrogen) atoms. The zero-order valence-electron chi connectivity index (χ0n) is 13.8. The molecule has 1 aromatic carbocycles. The average molecular weight is 327 g/mol. The van der Waals surface area contributed by atoms with E-state index in [4.69, 9.17) is 4.74 Å². The van der Waals surface area contributed by atoms with Crippen molar-refractivity contribution >= 4 is 5.91 Å². The molecule has 2 heterocycles. The first-order valence-electron chi connectivity index (χ1n) is 7.98. The highest BCUT2D eigenvalue weighted by Crippen LogP contribution is 2.36. The van der Waals surface area contributed by atoms with Crippen molar-refractivity contribution in [1.29, 1.82) is 0 Å². The van der Waals surface area contributed by atoms with E-state index in [1.165, 1.54) is 12.4 Å². The van der Waals surface area contributed by atoms with E-state index in [-0.39, 0.29) is 11.9 Å². The minimum absolute atomic E-state index is 0.124. The van der Waals surface area contributed by atoms with Crippen LogP contribution in [0.5, 0.6) is 5.75 Å². The second kappa shape index (κ2) is 6.57. The molecule has 1 aliphatic rings. The number of hydrogen-bond acceptors (Lipinski definition) is 5. The minimum Gasteiger partial charge on any atom is -0.497 e. The fourth-order valence-electron chi connectivity index (χ4n) is 3.30. The van der Waals surface area contributed by atoms with E-state index >= 15 is 0 Å². The van der Waals surface area contributed by atoms with E-state index in [2.05, 4.69) is 10.2 Å². The molecule has 0 bridgehead atoms. The first-order chi connectivity index (χ1) is 11.5. The van der Waals surface area contributed by atoms with E-state index < -0.39 is 5.60 Å². The number of aromatic nitrogens is 2. The molecular weight excluding hydrogens is 306 g/mol. The van der Waals surface area contributed by atoms with Crippen LogP contribution >= 0.6 is 0 Å². The van der Waals surface area contributed by atoms with Crippen molar-refractivity contribution in [2.45, 2.75) is 31.4 Å². The Morgan fingerprint density at radius 2 is 2.04 bits per heavy atom. The Balaban J connectivity index is 1.87. The summed E-state index contributed by atoms with van der Waals surface area (Å²) < 4.78 is 5.17. The fourth-order valence-corrected chi connectivity index (χ4v) is 3.30. The van der Waals surface area contributed by atoms with Gasteiger partial charge in [-0.2, -0.15) is 10.2 Å². The number of rotatable bonds is 4. The van der Waals surface area contributed by atoms with Gasteiger partial charge in [0.2, 0.25) is 0 Å². The predicted octanol–water partition coefficient (Wildman–Crippen LogP) is 2.00. The highest BCUT2D eigenvalue weighted by molar-refractivity contribution is 5.94. The van der Waals surface area contributed by atoms with Crippen LogP contribution in [0.2, 0.25) is 0 Å². The summed E-state index contributed by atoms with van der Waals surface area (Å²) in [6.07, 6.45) is 4.57. The molecule has 2 atom stereocenters. The number of carbonyl (C=O) groups is 1. The zero-order chi connectivity index (χ0) is 17.2. The lowest BCUT2D eigenvalue weighted by Crippen LogP contribution is -2.48. The quantitative estimate of drug-likeness (QED) is 0.929. The van der Waals surface area contributed by atoms with Crippen LogP contribution < -0.4 is 4.74 Å². The number of aliphatic hydroxyl groups is 1. The smallest absolute Gasteiger partial charge is 0.255 e. The van der Waals surface area contributed by atoms with Crippen molar-refractivity contribution in [3.63, 3.8) is 0 Å². The summed E-state index contributed by atoms with van der Waals surface area (Å²) in [7, 11) is 1.60. The van der Waals surface area contributed by atoms with Gasteiger partial charge in [0.15, 0.2) is 0 Å². The van der Waals surface area contributed by atoms with Crippen molar-refractivity contribution in [3.05, 3.63) is 53.9 Å². The number of benzene rings is 1. The third-order valence-corrected chi connectivity index (χ3v) is 4.67. The van der Waals surface area contributed by atoms with Crippen LogP contribution in [0.4, 0.5) is 0 Å². The number of ether oxygens (including phenoxy) is 1. The Bertz CT molecular complexity index is 701. The number of likely N-dealkylation sites (tertiary alicyclic amines) is 1. The maximum atomic E-state index is 12.8. The molecule has 1 saturated heterocycles. The maximum absolute atomic E-state index is 12.8. The standard InChI is InChI=1S/C18H21N3O3/c1-18(23,14-5-7-15(24-2)8-6-14)16-4-3-11-21(16)17(22)13-9-10-19-20-12-13/h5-10,12,16,23H,3-4,11H2,1-2H3/t16-,18-/m1/s1. The van der Waals surface area contributed by atoms with Crippen LogP contribution in [-0.2, 0) is 5.60 Å². The molecule has 0 saturated carbocycles. The van der Waals surface area contributed by atoms with Crippen LogP contribution in [0, 0.1) is 0 Å². The molecule has 1 amide bonds. The fraction of sp³-hybridized carbons (Fsp3) is 0.389.